The molecule has 2 saturated carbocycles. The molecule has 0 amide bonds. The van der Waals surface area contributed by atoms with Crippen molar-refractivity contribution in [3.8, 4) is 0 Å². The third-order valence-electron chi connectivity index (χ3n) is 5.52. The standard InChI is InChI=1S/C20H27NO3/c1-13(22)10-14-2-6-16(7-3-14)18-11-19(18)21-12-15-4-8-17(9-5-15)20(23)24/h2-3,6-7,15,17-19,21H,4-5,8-12H2,1H3,(H,23,24)/t15?,17?,18-,19+/m0/s1. The lowest BCUT2D eigenvalue weighted by Crippen LogP contribution is -2.30. The summed E-state index contributed by atoms with van der Waals surface area (Å²) in [6.07, 6.45) is 5.41. The predicted octanol–water partition coefficient (Wildman–Crippen LogP) is 3.15. The Hall–Kier alpha value is -1.68. The summed E-state index contributed by atoms with van der Waals surface area (Å²) in [5, 5.41) is 12.7. The van der Waals surface area contributed by atoms with E-state index < -0.39 is 5.97 Å². The van der Waals surface area contributed by atoms with Gasteiger partial charge in [-0.1, -0.05) is 24.3 Å². The summed E-state index contributed by atoms with van der Waals surface area (Å²) in [6, 6.07) is 9.00. The molecule has 0 bridgehead atoms. The number of carbonyl (C=O) groups excluding carboxylic acids is 1. The minimum atomic E-state index is -0.628. The van der Waals surface area contributed by atoms with E-state index in [0.717, 1.165) is 37.8 Å². The van der Waals surface area contributed by atoms with Gasteiger partial charge < -0.3 is 10.4 Å². The number of hydrogen-bond acceptors (Lipinski definition) is 3. The number of carboxylic acid groups (broad SMARTS) is 1. The van der Waals surface area contributed by atoms with Crippen LogP contribution in [-0.2, 0) is 16.0 Å². The summed E-state index contributed by atoms with van der Waals surface area (Å²) >= 11 is 0. The molecule has 0 radical (unpaired) electrons. The second-order valence-electron chi connectivity index (χ2n) is 7.53. The number of ketones is 1. The van der Waals surface area contributed by atoms with E-state index in [1.165, 1.54) is 12.0 Å². The fraction of sp³-hybridized carbons (Fsp3) is 0.600. The summed E-state index contributed by atoms with van der Waals surface area (Å²) < 4.78 is 0. The molecule has 24 heavy (non-hydrogen) atoms. The Bertz CT molecular complexity index is 587. The van der Waals surface area contributed by atoms with Crippen molar-refractivity contribution in [3.05, 3.63) is 35.4 Å². The molecule has 1 aromatic rings. The van der Waals surface area contributed by atoms with Crippen LogP contribution in [0.1, 0.15) is 56.1 Å². The molecule has 2 fully saturated rings. The van der Waals surface area contributed by atoms with E-state index in [1.807, 2.05) is 0 Å². The number of Topliss-reactive ketones (excluding diaryl/α,β-unsaturated/α-hetero) is 1. The highest BCUT2D eigenvalue weighted by atomic mass is 16.4. The van der Waals surface area contributed by atoms with E-state index in [-0.39, 0.29) is 11.7 Å². The number of carbonyl (C=O) groups is 2. The Balaban J connectivity index is 1.40. The molecule has 0 saturated heterocycles. The molecule has 0 aliphatic heterocycles. The highest BCUT2D eigenvalue weighted by molar-refractivity contribution is 5.78. The van der Waals surface area contributed by atoms with Crippen LogP contribution < -0.4 is 5.32 Å². The molecule has 4 heteroatoms. The molecule has 2 atom stereocenters. The van der Waals surface area contributed by atoms with Crippen LogP contribution in [-0.4, -0.2) is 29.4 Å². The third-order valence-corrected chi connectivity index (χ3v) is 5.52. The largest absolute Gasteiger partial charge is 0.481 e. The van der Waals surface area contributed by atoms with Crippen LogP contribution in [0.3, 0.4) is 0 Å². The Kier molecular flexibility index (Phi) is 5.34. The van der Waals surface area contributed by atoms with E-state index in [9.17, 15) is 9.59 Å². The highest BCUT2D eigenvalue weighted by Crippen LogP contribution is 2.41. The number of nitrogens with one attached hydrogen (secondary N) is 1. The molecule has 0 aromatic heterocycles. The fourth-order valence-corrected chi connectivity index (χ4v) is 3.89. The van der Waals surface area contributed by atoms with Crippen molar-refractivity contribution in [1.29, 1.82) is 0 Å². The quantitative estimate of drug-likeness (QED) is 0.806. The SMILES string of the molecule is CC(=O)Cc1ccc([C@@H]2C[C@H]2NCC2CCC(C(=O)O)CC2)cc1. The highest BCUT2D eigenvalue weighted by Gasteiger charge is 2.38. The van der Waals surface area contributed by atoms with Gasteiger partial charge in [0, 0.05) is 18.4 Å². The first-order chi connectivity index (χ1) is 11.5. The van der Waals surface area contributed by atoms with Crippen molar-refractivity contribution in [1.82, 2.24) is 5.32 Å². The van der Waals surface area contributed by atoms with Crippen LogP contribution in [0.15, 0.2) is 24.3 Å². The van der Waals surface area contributed by atoms with Crippen LogP contribution in [0.25, 0.3) is 0 Å². The Morgan fingerprint density at radius 1 is 1.12 bits per heavy atom. The van der Waals surface area contributed by atoms with Gasteiger partial charge in [-0.2, -0.15) is 0 Å². The zero-order chi connectivity index (χ0) is 17.1. The zero-order valence-corrected chi connectivity index (χ0v) is 14.3. The predicted molar refractivity (Wildman–Crippen MR) is 93.1 cm³/mol. The third kappa shape index (κ3) is 4.44. The van der Waals surface area contributed by atoms with Gasteiger partial charge in [0.2, 0.25) is 0 Å². The van der Waals surface area contributed by atoms with Gasteiger partial charge in [-0.15, -0.1) is 0 Å². The molecule has 3 rings (SSSR count). The lowest BCUT2D eigenvalue weighted by Gasteiger charge is -2.26. The summed E-state index contributed by atoms with van der Waals surface area (Å²) in [6.45, 7) is 2.63. The molecule has 0 heterocycles. The normalized spacial score (nSPS) is 29.2. The van der Waals surface area contributed by atoms with Crippen LogP contribution in [0, 0.1) is 11.8 Å². The number of aliphatic carboxylic acids is 1. The van der Waals surface area contributed by atoms with Gasteiger partial charge in [-0.05, 0) is 62.6 Å². The van der Waals surface area contributed by atoms with E-state index in [0.29, 0.717) is 24.3 Å². The van der Waals surface area contributed by atoms with E-state index >= 15 is 0 Å². The maximum atomic E-state index is 11.1. The number of rotatable bonds is 7. The van der Waals surface area contributed by atoms with Crippen molar-refractivity contribution < 1.29 is 14.7 Å². The van der Waals surface area contributed by atoms with E-state index in [4.69, 9.17) is 5.11 Å². The summed E-state index contributed by atoms with van der Waals surface area (Å²) in [5.74, 6) is 0.665. The average Bonchev–Trinajstić information content (AvgIpc) is 3.33. The van der Waals surface area contributed by atoms with Gasteiger partial charge >= 0.3 is 5.97 Å². The molecule has 2 aliphatic rings. The molecule has 2 aliphatic carbocycles. The van der Waals surface area contributed by atoms with E-state index in [2.05, 4.69) is 29.6 Å². The molecule has 130 valence electrons. The molecule has 4 nitrogen and oxygen atoms in total. The molecule has 1 aromatic carbocycles. The lowest BCUT2D eigenvalue weighted by molar-refractivity contribution is -0.143. The van der Waals surface area contributed by atoms with Gasteiger partial charge in [0.1, 0.15) is 5.78 Å². The van der Waals surface area contributed by atoms with Gasteiger partial charge in [0.05, 0.1) is 5.92 Å². The molecule has 2 N–H and O–H groups in total. The first-order valence-corrected chi connectivity index (χ1v) is 9.07. The molecular formula is C20H27NO3. The van der Waals surface area contributed by atoms with Gasteiger partial charge in [0.15, 0.2) is 0 Å². The number of hydrogen-bond donors (Lipinski definition) is 2. The minimum absolute atomic E-state index is 0.122. The van der Waals surface area contributed by atoms with Crippen molar-refractivity contribution in [2.45, 2.75) is 57.4 Å². The van der Waals surface area contributed by atoms with Crippen LogP contribution in [0.4, 0.5) is 0 Å². The van der Waals surface area contributed by atoms with Crippen LogP contribution in [0.2, 0.25) is 0 Å². The molecule has 0 unspecified atom stereocenters. The summed E-state index contributed by atoms with van der Waals surface area (Å²) in [4.78, 5) is 22.1. The summed E-state index contributed by atoms with van der Waals surface area (Å²) in [5.41, 5.74) is 2.45. The second kappa shape index (κ2) is 7.47. The number of carboxylic acids is 1. The van der Waals surface area contributed by atoms with Crippen molar-refractivity contribution in [3.63, 3.8) is 0 Å². The minimum Gasteiger partial charge on any atom is -0.481 e. The van der Waals surface area contributed by atoms with Crippen molar-refractivity contribution in [2.24, 2.45) is 11.8 Å². The van der Waals surface area contributed by atoms with Crippen molar-refractivity contribution >= 4 is 11.8 Å². The second-order valence-corrected chi connectivity index (χ2v) is 7.53. The lowest BCUT2D eigenvalue weighted by atomic mass is 9.82. The fourth-order valence-electron chi connectivity index (χ4n) is 3.89. The Labute approximate surface area is 143 Å². The van der Waals surface area contributed by atoms with Gasteiger partial charge in [-0.25, -0.2) is 0 Å². The monoisotopic (exact) mass is 329 g/mol. The van der Waals surface area contributed by atoms with Gasteiger partial charge in [-0.3, -0.25) is 9.59 Å². The summed E-state index contributed by atoms with van der Waals surface area (Å²) in [7, 11) is 0. The smallest absolute Gasteiger partial charge is 0.306 e. The molecular weight excluding hydrogens is 302 g/mol. The average molecular weight is 329 g/mol. The zero-order valence-electron chi connectivity index (χ0n) is 14.3. The van der Waals surface area contributed by atoms with Gasteiger partial charge in [0.25, 0.3) is 0 Å². The first kappa shape index (κ1) is 17.2. The van der Waals surface area contributed by atoms with Crippen LogP contribution >= 0.6 is 0 Å². The maximum Gasteiger partial charge on any atom is 0.306 e. The molecule has 0 spiro atoms. The first-order valence-electron chi connectivity index (χ1n) is 9.07. The number of benzene rings is 1. The Morgan fingerprint density at radius 3 is 2.38 bits per heavy atom. The topological polar surface area (TPSA) is 66.4 Å². The maximum absolute atomic E-state index is 11.1. The van der Waals surface area contributed by atoms with E-state index in [1.54, 1.807) is 6.92 Å². The van der Waals surface area contributed by atoms with Crippen LogP contribution in [0.5, 0.6) is 0 Å². The van der Waals surface area contributed by atoms with Crippen molar-refractivity contribution in [2.75, 3.05) is 6.54 Å². The Morgan fingerprint density at radius 2 is 1.79 bits per heavy atom.